The molecule has 1 fully saturated rings. The van der Waals surface area contributed by atoms with Gasteiger partial charge < -0.3 is 5.32 Å². The Hall–Kier alpha value is -1.76. The molecule has 2 atom stereocenters. The van der Waals surface area contributed by atoms with E-state index in [1.54, 1.807) is 6.20 Å². The van der Waals surface area contributed by atoms with Gasteiger partial charge in [0.1, 0.15) is 0 Å². The van der Waals surface area contributed by atoms with Crippen molar-refractivity contribution in [2.75, 3.05) is 31.5 Å². The van der Waals surface area contributed by atoms with Crippen LogP contribution in [0, 0.1) is 0 Å². The van der Waals surface area contributed by atoms with Crippen molar-refractivity contribution in [1.29, 1.82) is 0 Å². The van der Waals surface area contributed by atoms with E-state index in [1.807, 2.05) is 5.38 Å². The van der Waals surface area contributed by atoms with Crippen LogP contribution in [0.5, 0.6) is 0 Å². The number of hydrogen-bond acceptors (Lipinski definition) is 5. The molecule has 3 rings (SSSR count). The molecule has 0 radical (unpaired) electrons. The molecule has 2 aromatic rings. The van der Waals surface area contributed by atoms with Crippen LogP contribution in [0.25, 0.3) is 0 Å². The van der Waals surface area contributed by atoms with E-state index in [0.717, 1.165) is 26.1 Å². The average molecular weight is 359 g/mol. The number of likely N-dealkylation sites (tertiary alicyclic amines) is 1. The molecule has 1 aliphatic rings. The zero-order valence-electron chi connectivity index (χ0n) is 14.9. The fraction of sp³-hybridized carbons (Fsp3) is 0.474. The summed E-state index contributed by atoms with van der Waals surface area (Å²) in [7, 11) is 0. The van der Waals surface area contributed by atoms with Gasteiger partial charge in [0.25, 0.3) is 0 Å². The third-order valence-corrected chi connectivity index (χ3v) is 5.66. The number of hydrogen-bond donors (Lipinski definition) is 1. The van der Waals surface area contributed by atoms with Crippen LogP contribution in [-0.2, 0) is 4.79 Å². The highest BCUT2D eigenvalue weighted by atomic mass is 32.1. The number of rotatable bonds is 7. The molecule has 2 unspecified atom stereocenters. The molecular formula is C19H26N4OS. The molecule has 1 N–H and O–H groups in total. The van der Waals surface area contributed by atoms with Crippen LogP contribution >= 0.6 is 11.3 Å². The second kappa shape index (κ2) is 8.56. The minimum absolute atomic E-state index is 0.0198. The second-order valence-corrected chi connectivity index (χ2v) is 7.37. The first-order valence-corrected chi connectivity index (χ1v) is 9.77. The summed E-state index contributed by atoms with van der Waals surface area (Å²) < 4.78 is 0. The largest absolute Gasteiger partial charge is 0.301 e. The lowest BCUT2D eigenvalue weighted by Crippen LogP contribution is -2.42. The monoisotopic (exact) mass is 358 g/mol. The summed E-state index contributed by atoms with van der Waals surface area (Å²) in [6.07, 6.45) is 2.81. The maximum absolute atomic E-state index is 12.3. The van der Waals surface area contributed by atoms with Gasteiger partial charge in [0.2, 0.25) is 5.91 Å². The molecule has 0 aliphatic carbocycles. The predicted octanol–water partition coefficient (Wildman–Crippen LogP) is 3.24. The average Bonchev–Trinajstić information content (AvgIpc) is 3.31. The maximum Gasteiger partial charge on any atom is 0.240 e. The number of amides is 1. The molecule has 2 heterocycles. The second-order valence-electron chi connectivity index (χ2n) is 6.47. The molecule has 5 nitrogen and oxygen atoms in total. The van der Waals surface area contributed by atoms with Crippen molar-refractivity contribution in [3.05, 3.63) is 47.5 Å². The molecule has 0 spiro atoms. The van der Waals surface area contributed by atoms with E-state index in [0.29, 0.717) is 23.8 Å². The molecule has 0 saturated carbocycles. The number of thiazole rings is 1. The Morgan fingerprint density at radius 2 is 2.24 bits per heavy atom. The number of nitrogens with one attached hydrogen (secondary N) is 1. The summed E-state index contributed by atoms with van der Waals surface area (Å²) in [5.41, 5.74) is 1.35. The standard InChI is InChI=1S/C19H26N4OS/c1-3-22(14-18(24)21-19-20-10-12-25-19)17-9-11-23(13-17)15(2)16-7-5-4-6-8-16/h4-8,10,12,15,17H,3,9,11,13-14H2,1-2H3,(H,20,21,24). The van der Waals surface area contributed by atoms with Gasteiger partial charge in [-0.15, -0.1) is 11.3 Å². The van der Waals surface area contributed by atoms with Gasteiger partial charge >= 0.3 is 0 Å². The number of likely N-dealkylation sites (N-methyl/N-ethyl adjacent to an activating group) is 1. The van der Waals surface area contributed by atoms with Crippen LogP contribution in [-0.4, -0.2) is 52.9 Å². The Morgan fingerprint density at radius 3 is 2.92 bits per heavy atom. The van der Waals surface area contributed by atoms with Crippen LogP contribution in [0.15, 0.2) is 41.9 Å². The molecule has 6 heteroatoms. The van der Waals surface area contributed by atoms with Gasteiger partial charge in [-0.2, -0.15) is 0 Å². The lowest BCUT2D eigenvalue weighted by Gasteiger charge is -2.29. The summed E-state index contributed by atoms with van der Waals surface area (Å²) in [6, 6.07) is 11.5. The summed E-state index contributed by atoms with van der Waals surface area (Å²) in [6.45, 7) is 7.78. The Bertz CT molecular complexity index is 661. The quantitative estimate of drug-likeness (QED) is 0.825. The van der Waals surface area contributed by atoms with E-state index in [2.05, 4.69) is 64.3 Å². The molecule has 1 aromatic carbocycles. The minimum atomic E-state index is 0.0198. The normalized spacial score (nSPS) is 19.2. The zero-order valence-corrected chi connectivity index (χ0v) is 15.7. The number of carbonyl (C=O) groups is 1. The van der Waals surface area contributed by atoms with Crippen molar-refractivity contribution < 1.29 is 4.79 Å². The third kappa shape index (κ3) is 4.66. The number of carbonyl (C=O) groups excluding carboxylic acids is 1. The van der Waals surface area contributed by atoms with Crippen LogP contribution < -0.4 is 5.32 Å². The van der Waals surface area contributed by atoms with E-state index < -0.39 is 0 Å². The van der Waals surface area contributed by atoms with Gasteiger partial charge in [-0.1, -0.05) is 37.3 Å². The maximum atomic E-state index is 12.3. The van der Waals surface area contributed by atoms with Crippen molar-refractivity contribution in [2.45, 2.75) is 32.4 Å². The molecule has 1 saturated heterocycles. The van der Waals surface area contributed by atoms with Crippen LogP contribution in [0.2, 0.25) is 0 Å². The van der Waals surface area contributed by atoms with Gasteiger partial charge in [0, 0.05) is 36.8 Å². The van der Waals surface area contributed by atoms with Crippen LogP contribution in [0.4, 0.5) is 5.13 Å². The SMILES string of the molecule is CCN(CC(=O)Nc1nccs1)C1CCN(C(C)c2ccccc2)C1. The van der Waals surface area contributed by atoms with Crippen LogP contribution in [0.1, 0.15) is 31.9 Å². The van der Waals surface area contributed by atoms with Crippen molar-refractivity contribution in [3.63, 3.8) is 0 Å². The van der Waals surface area contributed by atoms with Gasteiger partial charge in [-0.3, -0.25) is 14.6 Å². The first-order chi connectivity index (χ1) is 12.2. The lowest BCUT2D eigenvalue weighted by molar-refractivity contribution is -0.117. The van der Waals surface area contributed by atoms with E-state index in [9.17, 15) is 4.79 Å². The molecule has 1 amide bonds. The summed E-state index contributed by atoms with van der Waals surface area (Å²) in [5.74, 6) is 0.0198. The predicted molar refractivity (Wildman–Crippen MR) is 103 cm³/mol. The Balaban J connectivity index is 1.55. The van der Waals surface area contributed by atoms with Gasteiger partial charge in [0.15, 0.2) is 5.13 Å². The highest BCUT2D eigenvalue weighted by Gasteiger charge is 2.30. The van der Waals surface area contributed by atoms with Crippen molar-refractivity contribution in [3.8, 4) is 0 Å². The number of aromatic nitrogens is 1. The van der Waals surface area contributed by atoms with Crippen molar-refractivity contribution in [1.82, 2.24) is 14.8 Å². The first kappa shape index (κ1) is 18.0. The Kier molecular flexibility index (Phi) is 6.18. The van der Waals surface area contributed by atoms with E-state index >= 15 is 0 Å². The molecule has 0 bridgehead atoms. The highest BCUT2D eigenvalue weighted by Crippen LogP contribution is 2.26. The number of anilines is 1. The van der Waals surface area contributed by atoms with Gasteiger partial charge in [0.05, 0.1) is 6.54 Å². The van der Waals surface area contributed by atoms with E-state index in [-0.39, 0.29) is 5.91 Å². The van der Waals surface area contributed by atoms with E-state index in [4.69, 9.17) is 0 Å². The topological polar surface area (TPSA) is 48.5 Å². The molecule has 1 aliphatic heterocycles. The third-order valence-electron chi connectivity index (χ3n) is 4.97. The van der Waals surface area contributed by atoms with Gasteiger partial charge in [-0.25, -0.2) is 4.98 Å². The number of benzene rings is 1. The fourth-order valence-corrected chi connectivity index (χ4v) is 4.03. The molecule has 1 aromatic heterocycles. The summed E-state index contributed by atoms with van der Waals surface area (Å²) >= 11 is 1.45. The molecule has 25 heavy (non-hydrogen) atoms. The van der Waals surface area contributed by atoms with Gasteiger partial charge in [-0.05, 0) is 25.5 Å². The minimum Gasteiger partial charge on any atom is -0.301 e. The van der Waals surface area contributed by atoms with Crippen molar-refractivity contribution >= 4 is 22.4 Å². The summed E-state index contributed by atoms with van der Waals surface area (Å²) in [4.78, 5) is 21.2. The van der Waals surface area contributed by atoms with Crippen molar-refractivity contribution in [2.24, 2.45) is 0 Å². The van der Waals surface area contributed by atoms with Crippen LogP contribution in [0.3, 0.4) is 0 Å². The Labute approximate surface area is 153 Å². The lowest BCUT2D eigenvalue weighted by atomic mass is 10.1. The number of nitrogens with zero attached hydrogens (tertiary/aromatic N) is 3. The first-order valence-electron chi connectivity index (χ1n) is 8.89. The smallest absolute Gasteiger partial charge is 0.240 e. The molecule has 134 valence electrons. The zero-order chi connectivity index (χ0) is 17.6. The Morgan fingerprint density at radius 1 is 1.44 bits per heavy atom. The summed E-state index contributed by atoms with van der Waals surface area (Å²) in [5, 5.41) is 5.42. The highest BCUT2D eigenvalue weighted by molar-refractivity contribution is 7.13. The van der Waals surface area contributed by atoms with E-state index in [1.165, 1.54) is 16.9 Å². The fourth-order valence-electron chi connectivity index (χ4n) is 3.49. The molecular weight excluding hydrogens is 332 g/mol.